The molecule has 0 aliphatic rings. The molecule has 0 radical (unpaired) electrons. The van der Waals surface area contributed by atoms with E-state index >= 15 is 0 Å². The normalized spacial score (nSPS) is 12.4. The van der Waals surface area contributed by atoms with Gasteiger partial charge in [0.05, 0.1) is 5.69 Å². The largest absolute Gasteiger partial charge is 0.396 e. The van der Waals surface area contributed by atoms with Gasteiger partial charge >= 0.3 is 0 Å². The Morgan fingerprint density at radius 2 is 2.38 bits per heavy atom. The van der Waals surface area contributed by atoms with E-state index in [1.807, 2.05) is 36.0 Å². The highest BCUT2D eigenvalue weighted by molar-refractivity contribution is 7.15. The molecule has 0 unspecified atom stereocenters. The summed E-state index contributed by atoms with van der Waals surface area (Å²) in [6.07, 6.45) is 4.04. The van der Waals surface area contributed by atoms with Crippen molar-refractivity contribution in [1.82, 2.24) is 14.7 Å². The van der Waals surface area contributed by atoms with E-state index in [9.17, 15) is 0 Å². The molecule has 2 N–H and O–H groups in total. The third-order valence-electron chi connectivity index (χ3n) is 2.48. The molecule has 2 rings (SSSR count). The minimum Gasteiger partial charge on any atom is -0.396 e. The quantitative estimate of drug-likeness (QED) is 0.831. The predicted octanol–water partition coefficient (Wildman–Crippen LogP) is 1.50. The fourth-order valence-corrected chi connectivity index (χ4v) is 2.17. The lowest BCUT2D eigenvalue weighted by Gasteiger charge is -2.21. The second-order valence-electron chi connectivity index (χ2n) is 4.75. The van der Waals surface area contributed by atoms with Crippen LogP contribution in [-0.4, -0.2) is 27.6 Å². The lowest BCUT2D eigenvalue weighted by molar-refractivity contribution is 0.156. The summed E-state index contributed by atoms with van der Waals surface area (Å²) in [4.78, 5) is 5.50. The van der Waals surface area contributed by atoms with Gasteiger partial charge in [-0.2, -0.15) is 0 Å². The van der Waals surface area contributed by atoms with Gasteiger partial charge in [-0.15, -0.1) is 11.3 Å². The molecule has 2 aromatic rings. The highest BCUT2D eigenvalue weighted by atomic mass is 32.1. The van der Waals surface area contributed by atoms with Gasteiger partial charge in [0.1, 0.15) is 0 Å². The summed E-state index contributed by atoms with van der Waals surface area (Å²) in [7, 11) is 0. The number of thiazole rings is 1. The zero-order valence-electron chi connectivity index (χ0n) is 9.60. The van der Waals surface area contributed by atoms with Gasteiger partial charge in [0.2, 0.25) is 0 Å². The minimum atomic E-state index is -0.0723. The van der Waals surface area contributed by atoms with Crippen molar-refractivity contribution in [3.05, 3.63) is 23.5 Å². The second-order valence-corrected chi connectivity index (χ2v) is 5.62. The van der Waals surface area contributed by atoms with E-state index in [-0.39, 0.29) is 12.0 Å². The Balaban J connectivity index is 1.89. The number of aliphatic hydroxyl groups excluding tert-OH is 1. The van der Waals surface area contributed by atoms with Crippen LogP contribution in [0.25, 0.3) is 4.96 Å². The molecule has 4 nitrogen and oxygen atoms in total. The number of aromatic nitrogens is 2. The Bertz CT molecular complexity index is 432. The van der Waals surface area contributed by atoms with Gasteiger partial charge in [0, 0.05) is 42.9 Å². The van der Waals surface area contributed by atoms with Crippen LogP contribution < -0.4 is 5.32 Å². The summed E-state index contributed by atoms with van der Waals surface area (Å²) in [6.45, 7) is 5.79. The molecule has 0 fully saturated rings. The van der Waals surface area contributed by atoms with Gasteiger partial charge in [-0.05, 0) is 0 Å². The van der Waals surface area contributed by atoms with Crippen LogP contribution in [0.4, 0.5) is 0 Å². The summed E-state index contributed by atoms with van der Waals surface area (Å²) in [5.74, 6) is 0. The number of aliphatic hydroxyl groups is 1. The molecule has 0 aliphatic heterocycles. The van der Waals surface area contributed by atoms with Gasteiger partial charge < -0.3 is 10.4 Å². The maximum atomic E-state index is 9.11. The van der Waals surface area contributed by atoms with Crippen LogP contribution in [0.5, 0.6) is 0 Å². The molecule has 0 atom stereocenters. The number of fused-ring (bicyclic) bond motifs is 1. The molecule has 0 aromatic carbocycles. The zero-order chi connectivity index (χ0) is 11.6. The molecular formula is C11H17N3OS. The van der Waals surface area contributed by atoms with E-state index in [4.69, 9.17) is 5.11 Å². The van der Waals surface area contributed by atoms with Gasteiger partial charge in [-0.1, -0.05) is 13.8 Å². The number of rotatable bonds is 5. The highest BCUT2D eigenvalue weighted by Gasteiger charge is 2.15. The number of imidazole rings is 1. The smallest absolute Gasteiger partial charge is 0.193 e. The van der Waals surface area contributed by atoms with Crippen molar-refractivity contribution in [3.8, 4) is 0 Å². The van der Waals surface area contributed by atoms with Crippen LogP contribution in [-0.2, 0) is 6.54 Å². The van der Waals surface area contributed by atoms with Crippen LogP contribution in [0.15, 0.2) is 17.8 Å². The van der Waals surface area contributed by atoms with Crippen LogP contribution in [0, 0.1) is 5.41 Å². The third-order valence-corrected chi connectivity index (χ3v) is 3.25. The summed E-state index contributed by atoms with van der Waals surface area (Å²) in [5.41, 5.74) is 0.970. The lowest BCUT2D eigenvalue weighted by atomic mass is 9.95. The monoisotopic (exact) mass is 239 g/mol. The fourth-order valence-electron chi connectivity index (χ4n) is 1.45. The maximum absolute atomic E-state index is 9.11. The van der Waals surface area contributed by atoms with Crippen LogP contribution in [0.1, 0.15) is 19.5 Å². The summed E-state index contributed by atoms with van der Waals surface area (Å²) in [6, 6.07) is 0. The van der Waals surface area contributed by atoms with Crippen molar-refractivity contribution in [2.75, 3.05) is 13.2 Å². The summed E-state index contributed by atoms with van der Waals surface area (Å²) < 4.78 is 2.03. The van der Waals surface area contributed by atoms with Gasteiger partial charge in [0.25, 0.3) is 0 Å². The zero-order valence-corrected chi connectivity index (χ0v) is 10.4. The lowest BCUT2D eigenvalue weighted by Crippen LogP contribution is -2.31. The van der Waals surface area contributed by atoms with Gasteiger partial charge in [-0.3, -0.25) is 4.40 Å². The Hall–Kier alpha value is -0.910. The molecule has 88 valence electrons. The van der Waals surface area contributed by atoms with E-state index in [0.717, 1.165) is 23.7 Å². The molecular weight excluding hydrogens is 222 g/mol. The van der Waals surface area contributed by atoms with E-state index < -0.39 is 0 Å². The first kappa shape index (κ1) is 11.6. The average Bonchev–Trinajstić information content (AvgIpc) is 2.77. The van der Waals surface area contributed by atoms with Gasteiger partial charge in [0.15, 0.2) is 4.96 Å². The highest BCUT2D eigenvalue weighted by Crippen LogP contribution is 2.13. The number of hydrogen-bond donors (Lipinski definition) is 2. The molecule has 0 bridgehead atoms. The first-order chi connectivity index (χ1) is 7.61. The molecule has 0 spiro atoms. The Kier molecular flexibility index (Phi) is 3.28. The SMILES string of the molecule is CC(C)(CO)CNCc1cn2ccsc2n1. The van der Waals surface area contributed by atoms with Crippen molar-refractivity contribution >= 4 is 16.3 Å². The van der Waals surface area contributed by atoms with Crippen molar-refractivity contribution in [2.24, 2.45) is 5.41 Å². The van der Waals surface area contributed by atoms with Crippen LogP contribution in [0.2, 0.25) is 0 Å². The van der Waals surface area contributed by atoms with E-state index in [2.05, 4.69) is 10.3 Å². The van der Waals surface area contributed by atoms with E-state index in [1.54, 1.807) is 11.3 Å². The summed E-state index contributed by atoms with van der Waals surface area (Å²) in [5, 5.41) is 14.4. The van der Waals surface area contributed by atoms with E-state index in [1.165, 1.54) is 0 Å². The first-order valence-corrected chi connectivity index (χ1v) is 6.21. The predicted molar refractivity (Wildman–Crippen MR) is 65.6 cm³/mol. The summed E-state index contributed by atoms with van der Waals surface area (Å²) >= 11 is 1.64. The Morgan fingerprint density at radius 3 is 3.06 bits per heavy atom. The van der Waals surface area contributed by atoms with Crippen molar-refractivity contribution in [3.63, 3.8) is 0 Å². The van der Waals surface area contributed by atoms with Crippen LogP contribution in [0.3, 0.4) is 0 Å². The van der Waals surface area contributed by atoms with Crippen molar-refractivity contribution in [2.45, 2.75) is 20.4 Å². The fraction of sp³-hybridized carbons (Fsp3) is 0.545. The molecule has 0 amide bonds. The molecule has 2 heterocycles. The van der Waals surface area contributed by atoms with Gasteiger partial charge in [-0.25, -0.2) is 4.98 Å². The third kappa shape index (κ3) is 2.61. The van der Waals surface area contributed by atoms with Crippen molar-refractivity contribution in [1.29, 1.82) is 0 Å². The number of hydrogen-bond acceptors (Lipinski definition) is 4. The first-order valence-electron chi connectivity index (χ1n) is 5.33. The molecule has 5 heteroatoms. The standard InChI is InChI=1S/C11H17N3OS/c1-11(2,8-15)7-12-5-9-6-14-3-4-16-10(14)13-9/h3-4,6,12,15H,5,7-8H2,1-2H3. The Morgan fingerprint density at radius 1 is 1.56 bits per heavy atom. The minimum absolute atomic E-state index is 0.0723. The molecule has 0 saturated heterocycles. The topological polar surface area (TPSA) is 49.6 Å². The number of nitrogens with zero attached hydrogens (tertiary/aromatic N) is 2. The maximum Gasteiger partial charge on any atom is 0.193 e. The van der Waals surface area contributed by atoms with Crippen LogP contribution >= 0.6 is 11.3 Å². The molecule has 16 heavy (non-hydrogen) atoms. The number of nitrogens with one attached hydrogen (secondary N) is 1. The molecule has 0 saturated carbocycles. The van der Waals surface area contributed by atoms with E-state index in [0.29, 0.717) is 0 Å². The second kappa shape index (κ2) is 4.53. The average molecular weight is 239 g/mol. The molecule has 2 aromatic heterocycles. The molecule has 0 aliphatic carbocycles. The van der Waals surface area contributed by atoms with Crippen molar-refractivity contribution < 1.29 is 5.11 Å². The Labute approximate surface area is 98.9 Å².